The number of carbonyl (C=O) groups excluding carboxylic acids is 1. The maximum absolute atomic E-state index is 12.7. The zero-order valence-corrected chi connectivity index (χ0v) is 21.7. The first-order valence-electron chi connectivity index (χ1n) is 10.0. The zero-order chi connectivity index (χ0) is 23.9. The van der Waals surface area contributed by atoms with Crippen molar-refractivity contribution in [3.05, 3.63) is 51.1 Å². The van der Waals surface area contributed by atoms with Crippen LogP contribution in [0.1, 0.15) is 31.9 Å². The van der Waals surface area contributed by atoms with Crippen molar-refractivity contribution in [3.8, 4) is 11.5 Å². The Balaban J connectivity index is 2.15. The van der Waals surface area contributed by atoms with E-state index in [9.17, 15) is 13.2 Å². The van der Waals surface area contributed by atoms with Crippen LogP contribution in [0.5, 0.6) is 11.5 Å². The molecule has 0 saturated carbocycles. The second-order valence-corrected chi connectivity index (χ2v) is 10.2. The molecule has 0 spiro atoms. The molecule has 0 saturated heterocycles. The number of nitrogens with one attached hydrogen (secondary N) is 2. The average Bonchev–Trinajstić information content (AvgIpc) is 2.72. The molecule has 32 heavy (non-hydrogen) atoms. The lowest BCUT2D eigenvalue weighted by Gasteiger charge is -2.20. The highest BCUT2D eigenvalue weighted by Crippen LogP contribution is 2.33. The van der Waals surface area contributed by atoms with Crippen LogP contribution in [0.25, 0.3) is 0 Å². The molecule has 174 valence electrons. The van der Waals surface area contributed by atoms with Crippen LogP contribution >= 0.6 is 22.6 Å². The number of ether oxygens (including phenoxy) is 2. The van der Waals surface area contributed by atoms with Gasteiger partial charge in [0, 0.05) is 0 Å². The van der Waals surface area contributed by atoms with Crippen molar-refractivity contribution in [2.45, 2.75) is 38.6 Å². The summed E-state index contributed by atoms with van der Waals surface area (Å²) in [5, 5.41) is 4.00. The number of rotatable bonds is 10. The fourth-order valence-electron chi connectivity index (χ4n) is 2.81. The highest BCUT2D eigenvalue weighted by atomic mass is 127. The molecule has 2 aromatic carbocycles. The maximum atomic E-state index is 12.7. The van der Waals surface area contributed by atoms with Gasteiger partial charge in [-0.25, -0.2) is 13.8 Å². The van der Waals surface area contributed by atoms with Gasteiger partial charge in [0.25, 0.3) is 5.91 Å². The van der Waals surface area contributed by atoms with Gasteiger partial charge in [-0.15, -0.1) is 0 Å². The Morgan fingerprint density at radius 2 is 1.88 bits per heavy atom. The molecule has 2 aromatic rings. The standard InChI is InChI=1S/C22H28IN3O5S/c1-6-31-19-12-16(11-18(23)21(19)30-5)13-24-25-22(27)20(14(2)3)26-32(28,29)17-9-7-15(4)8-10-17/h7-14,20,26H,6H2,1-5H3,(H,25,27)/b24-13-/t20-/m1/s1. The summed E-state index contributed by atoms with van der Waals surface area (Å²) in [7, 11) is -2.30. The molecule has 0 radical (unpaired) electrons. The van der Waals surface area contributed by atoms with Crippen LogP contribution in [0.3, 0.4) is 0 Å². The number of halogens is 1. The monoisotopic (exact) mass is 573 g/mol. The number of benzene rings is 2. The summed E-state index contributed by atoms with van der Waals surface area (Å²) in [6.45, 7) is 7.73. The Kier molecular flexibility index (Phi) is 9.47. The molecule has 0 unspecified atom stereocenters. The van der Waals surface area contributed by atoms with Crippen molar-refractivity contribution in [3.63, 3.8) is 0 Å². The van der Waals surface area contributed by atoms with Gasteiger partial charge in [0.2, 0.25) is 10.0 Å². The predicted molar refractivity (Wildman–Crippen MR) is 133 cm³/mol. The van der Waals surface area contributed by atoms with Crippen molar-refractivity contribution in [2.75, 3.05) is 13.7 Å². The van der Waals surface area contributed by atoms with E-state index >= 15 is 0 Å². The number of hydrogen-bond donors (Lipinski definition) is 2. The molecule has 0 fully saturated rings. The largest absolute Gasteiger partial charge is 0.492 e. The molecule has 10 heteroatoms. The Morgan fingerprint density at radius 1 is 1.22 bits per heavy atom. The Bertz CT molecular complexity index is 1070. The Labute approximate surface area is 203 Å². The van der Waals surface area contributed by atoms with E-state index in [4.69, 9.17) is 9.47 Å². The summed E-state index contributed by atoms with van der Waals surface area (Å²) in [6.07, 6.45) is 1.47. The normalized spacial score (nSPS) is 12.7. The molecular weight excluding hydrogens is 545 g/mol. The minimum Gasteiger partial charge on any atom is -0.492 e. The van der Waals surface area contributed by atoms with E-state index < -0.39 is 22.0 Å². The zero-order valence-electron chi connectivity index (χ0n) is 18.7. The maximum Gasteiger partial charge on any atom is 0.258 e. The highest BCUT2D eigenvalue weighted by molar-refractivity contribution is 14.1. The van der Waals surface area contributed by atoms with E-state index in [0.29, 0.717) is 23.7 Å². The van der Waals surface area contributed by atoms with Crippen LogP contribution in [-0.2, 0) is 14.8 Å². The number of aryl methyl sites for hydroxylation is 1. The van der Waals surface area contributed by atoms with Crippen LogP contribution in [0, 0.1) is 16.4 Å². The van der Waals surface area contributed by atoms with Gasteiger partial charge in [0.1, 0.15) is 6.04 Å². The number of nitrogens with zero attached hydrogens (tertiary/aromatic N) is 1. The fourth-order valence-corrected chi connectivity index (χ4v) is 5.00. The molecule has 0 aromatic heterocycles. The molecule has 0 bridgehead atoms. The Morgan fingerprint density at radius 3 is 2.44 bits per heavy atom. The number of hydrogen-bond acceptors (Lipinski definition) is 6. The summed E-state index contributed by atoms with van der Waals surface area (Å²) < 4.78 is 39.7. The van der Waals surface area contributed by atoms with E-state index in [1.54, 1.807) is 39.2 Å². The lowest BCUT2D eigenvalue weighted by atomic mass is 10.1. The number of hydrazone groups is 1. The SMILES string of the molecule is CCOc1cc(/C=N\NC(=O)[C@H](NS(=O)(=O)c2ccc(C)cc2)C(C)C)cc(I)c1OC. The summed E-state index contributed by atoms with van der Waals surface area (Å²) in [6, 6.07) is 9.01. The topological polar surface area (TPSA) is 106 Å². The molecule has 1 amide bonds. The first kappa shape index (κ1) is 26.1. The van der Waals surface area contributed by atoms with Crippen molar-refractivity contribution < 1.29 is 22.7 Å². The van der Waals surface area contributed by atoms with Gasteiger partial charge in [-0.05, 0) is 72.2 Å². The number of amides is 1. The summed E-state index contributed by atoms with van der Waals surface area (Å²) >= 11 is 2.13. The average molecular weight is 573 g/mol. The molecule has 0 heterocycles. The highest BCUT2D eigenvalue weighted by Gasteiger charge is 2.28. The van der Waals surface area contributed by atoms with Gasteiger partial charge >= 0.3 is 0 Å². The molecule has 0 aliphatic heterocycles. The molecular formula is C22H28IN3O5S. The Hall–Kier alpha value is -2.18. The smallest absolute Gasteiger partial charge is 0.258 e. The summed E-state index contributed by atoms with van der Waals surface area (Å²) in [5.41, 5.74) is 4.06. The third-order valence-electron chi connectivity index (χ3n) is 4.49. The van der Waals surface area contributed by atoms with Gasteiger partial charge in [0.05, 0.1) is 28.4 Å². The van der Waals surface area contributed by atoms with Crippen molar-refractivity contribution in [1.29, 1.82) is 0 Å². The minimum absolute atomic E-state index is 0.0984. The van der Waals surface area contributed by atoms with Crippen molar-refractivity contribution >= 4 is 44.7 Å². The molecule has 2 N–H and O–H groups in total. The minimum atomic E-state index is -3.86. The molecule has 0 aliphatic carbocycles. The molecule has 8 nitrogen and oxygen atoms in total. The summed E-state index contributed by atoms with van der Waals surface area (Å²) in [5.74, 6) is 0.344. The second-order valence-electron chi connectivity index (χ2n) is 7.36. The molecule has 0 aliphatic rings. The van der Waals surface area contributed by atoms with Gasteiger partial charge < -0.3 is 9.47 Å². The van der Waals surface area contributed by atoms with Crippen LogP contribution in [0.15, 0.2) is 46.4 Å². The van der Waals surface area contributed by atoms with Gasteiger partial charge in [-0.3, -0.25) is 4.79 Å². The van der Waals surface area contributed by atoms with Crippen LogP contribution < -0.4 is 19.6 Å². The van der Waals surface area contributed by atoms with Gasteiger partial charge in [-0.1, -0.05) is 31.5 Å². The van der Waals surface area contributed by atoms with Crippen LogP contribution in [0.2, 0.25) is 0 Å². The van der Waals surface area contributed by atoms with Gasteiger partial charge in [0.15, 0.2) is 11.5 Å². The molecule has 1 atom stereocenters. The van der Waals surface area contributed by atoms with E-state index in [1.165, 1.54) is 18.3 Å². The third kappa shape index (κ3) is 6.91. The quantitative estimate of drug-likeness (QED) is 0.257. The number of sulfonamides is 1. The lowest BCUT2D eigenvalue weighted by molar-refractivity contribution is -0.123. The van der Waals surface area contributed by atoms with Gasteiger partial charge in [-0.2, -0.15) is 9.82 Å². The number of methoxy groups -OCH3 is 1. The fraction of sp³-hybridized carbons (Fsp3) is 0.364. The van der Waals surface area contributed by atoms with E-state index in [0.717, 1.165) is 9.13 Å². The van der Waals surface area contributed by atoms with Crippen molar-refractivity contribution in [2.24, 2.45) is 11.0 Å². The van der Waals surface area contributed by atoms with Crippen LogP contribution in [-0.4, -0.2) is 40.3 Å². The number of carbonyl (C=O) groups is 1. The van der Waals surface area contributed by atoms with E-state index in [1.807, 2.05) is 19.9 Å². The first-order valence-corrected chi connectivity index (χ1v) is 12.6. The second kappa shape index (κ2) is 11.6. The lowest BCUT2D eigenvalue weighted by Crippen LogP contribution is -2.48. The summed E-state index contributed by atoms with van der Waals surface area (Å²) in [4.78, 5) is 12.8. The molecule has 2 rings (SSSR count). The first-order chi connectivity index (χ1) is 15.1. The van der Waals surface area contributed by atoms with Crippen LogP contribution in [0.4, 0.5) is 0 Å². The van der Waals surface area contributed by atoms with E-state index in [-0.39, 0.29) is 10.8 Å². The van der Waals surface area contributed by atoms with Crippen molar-refractivity contribution in [1.82, 2.24) is 10.1 Å². The predicted octanol–water partition coefficient (Wildman–Crippen LogP) is 3.46. The third-order valence-corrected chi connectivity index (χ3v) is 6.75. The van der Waals surface area contributed by atoms with E-state index in [2.05, 4.69) is 37.8 Å².